The summed E-state index contributed by atoms with van der Waals surface area (Å²) in [6.45, 7) is 6.20. The topological polar surface area (TPSA) is 72.0 Å². The van der Waals surface area contributed by atoms with Gasteiger partial charge in [-0.15, -0.1) is 11.3 Å². The van der Waals surface area contributed by atoms with Crippen LogP contribution in [-0.4, -0.2) is 57.6 Å². The van der Waals surface area contributed by atoms with Crippen LogP contribution in [0.3, 0.4) is 0 Å². The number of thiazole rings is 1. The number of benzene rings is 2. The van der Waals surface area contributed by atoms with Gasteiger partial charge in [-0.2, -0.15) is 4.31 Å². The van der Waals surface area contributed by atoms with E-state index in [0.29, 0.717) is 38.5 Å². The first-order valence-corrected chi connectivity index (χ1v) is 12.8. The molecule has 0 atom stereocenters. The highest BCUT2D eigenvalue weighted by molar-refractivity contribution is 7.89. The van der Waals surface area contributed by atoms with Crippen LogP contribution < -0.4 is 14.4 Å². The van der Waals surface area contributed by atoms with Gasteiger partial charge in [0.25, 0.3) is 0 Å². The van der Waals surface area contributed by atoms with Crippen molar-refractivity contribution in [3.05, 3.63) is 52.9 Å². The molecule has 2 aromatic carbocycles. The Morgan fingerprint density at radius 1 is 1.06 bits per heavy atom. The third-order valence-electron chi connectivity index (χ3n) is 5.45. The number of hydrogen-bond donors (Lipinski definition) is 0. The van der Waals surface area contributed by atoms with Gasteiger partial charge in [0, 0.05) is 42.8 Å². The summed E-state index contributed by atoms with van der Waals surface area (Å²) < 4.78 is 39.6. The van der Waals surface area contributed by atoms with E-state index in [0.717, 1.165) is 27.7 Å². The van der Waals surface area contributed by atoms with E-state index in [1.54, 1.807) is 23.5 Å². The number of aryl methyl sites for hydroxylation is 1. The SMILES string of the molecule is CCOc1ccc(-c2csc(C)n2)cc1S(=O)(=O)N1CCN(c2ccc(OC)cc2)CC1. The lowest BCUT2D eigenvalue weighted by Gasteiger charge is -2.35. The maximum absolute atomic E-state index is 13.6. The predicted octanol–water partition coefficient (Wildman–Crippen LogP) is 4.04. The van der Waals surface area contributed by atoms with Crippen molar-refractivity contribution in [3.8, 4) is 22.8 Å². The summed E-state index contributed by atoms with van der Waals surface area (Å²) >= 11 is 1.54. The fraction of sp³-hybridized carbons (Fsp3) is 0.348. The Morgan fingerprint density at radius 2 is 1.78 bits per heavy atom. The van der Waals surface area contributed by atoms with Crippen LogP contribution in [0, 0.1) is 6.92 Å². The number of nitrogens with zero attached hydrogens (tertiary/aromatic N) is 3. The number of aromatic nitrogens is 1. The van der Waals surface area contributed by atoms with E-state index in [1.807, 2.05) is 49.6 Å². The zero-order valence-corrected chi connectivity index (χ0v) is 20.1. The van der Waals surface area contributed by atoms with Gasteiger partial charge in [0.15, 0.2) is 0 Å². The van der Waals surface area contributed by atoms with E-state index in [9.17, 15) is 8.42 Å². The predicted molar refractivity (Wildman–Crippen MR) is 127 cm³/mol. The maximum Gasteiger partial charge on any atom is 0.246 e. The molecule has 0 saturated carbocycles. The van der Waals surface area contributed by atoms with Crippen LogP contribution in [0.4, 0.5) is 5.69 Å². The Balaban J connectivity index is 1.57. The van der Waals surface area contributed by atoms with Crippen molar-refractivity contribution in [2.45, 2.75) is 18.7 Å². The van der Waals surface area contributed by atoms with Gasteiger partial charge in [0.05, 0.1) is 24.4 Å². The third-order valence-corrected chi connectivity index (χ3v) is 8.15. The van der Waals surface area contributed by atoms with Gasteiger partial charge in [-0.1, -0.05) is 0 Å². The van der Waals surface area contributed by atoms with Gasteiger partial charge >= 0.3 is 0 Å². The van der Waals surface area contributed by atoms with Crippen molar-refractivity contribution in [3.63, 3.8) is 0 Å². The van der Waals surface area contributed by atoms with Crippen LogP contribution >= 0.6 is 11.3 Å². The van der Waals surface area contributed by atoms with Gasteiger partial charge in [0.2, 0.25) is 10.0 Å². The minimum atomic E-state index is -3.72. The van der Waals surface area contributed by atoms with E-state index in [-0.39, 0.29) is 4.90 Å². The smallest absolute Gasteiger partial charge is 0.246 e. The molecule has 1 aliphatic rings. The third kappa shape index (κ3) is 4.60. The summed E-state index contributed by atoms with van der Waals surface area (Å²) in [5, 5.41) is 2.88. The molecule has 0 bridgehead atoms. The molecule has 0 unspecified atom stereocenters. The van der Waals surface area contributed by atoms with Crippen LogP contribution in [0.5, 0.6) is 11.5 Å². The molecular weight excluding hydrogens is 446 g/mol. The first kappa shape index (κ1) is 22.6. The zero-order chi connectivity index (χ0) is 22.7. The highest BCUT2D eigenvalue weighted by atomic mass is 32.2. The van der Waals surface area contributed by atoms with Crippen molar-refractivity contribution in [1.82, 2.24) is 9.29 Å². The standard InChI is InChI=1S/C23H27N3O4S2/c1-4-30-22-10-5-18(21-16-31-17(2)24-21)15-23(22)32(27,28)26-13-11-25(12-14-26)19-6-8-20(29-3)9-7-19/h5-10,15-16H,4,11-14H2,1-3H3. The Kier molecular flexibility index (Phi) is 6.68. The summed E-state index contributed by atoms with van der Waals surface area (Å²) in [5.41, 5.74) is 2.60. The highest BCUT2D eigenvalue weighted by Gasteiger charge is 2.31. The second-order valence-corrected chi connectivity index (χ2v) is 10.4. The number of rotatable bonds is 7. The summed E-state index contributed by atoms with van der Waals surface area (Å²) in [6, 6.07) is 13.1. The molecule has 3 aromatic rings. The number of hydrogen-bond acceptors (Lipinski definition) is 7. The second-order valence-electron chi connectivity index (χ2n) is 7.44. The molecule has 0 radical (unpaired) electrons. The fourth-order valence-electron chi connectivity index (χ4n) is 3.76. The van der Waals surface area contributed by atoms with Crippen LogP contribution in [-0.2, 0) is 10.0 Å². The molecule has 1 fully saturated rings. The van der Waals surface area contributed by atoms with E-state index in [1.165, 1.54) is 11.3 Å². The van der Waals surface area contributed by atoms with Crippen molar-refractivity contribution in [2.75, 3.05) is 44.8 Å². The molecule has 2 heterocycles. The van der Waals surface area contributed by atoms with E-state index >= 15 is 0 Å². The quantitative estimate of drug-likeness (QED) is 0.516. The zero-order valence-electron chi connectivity index (χ0n) is 18.4. The first-order chi connectivity index (χ1) is 15.4. The number of sulfonamides is 1. The molecule has 1 saturated heterocycles. The number of anilines is 1. The number of piperazine rings is 1. The Labute approximate surface area is 193 Å². The molecule has 0 spiro atoms. The Morgan fingerprint density at radius 3 is 2.38 bits per heavy atom. The molecule has 4 rings (SSSR count). The average Bonchev–Trinajstić information content (AvgIpc) is 3.26. The van der Waals surface area contributed by atoms with Crippen molar-refractivity contribution < 1.29 is 17.9 Å². The molecule has 9 heteroatoms. The molecule has 0 amide bonds. The lowest BCUT2D eigenvalue weighted by molar-refractivity contribution is 0.327. The summed E-state index contributed by atoms with van der Waals surface area (Å²) in [6.07, 6.45) is 0. The molecule has 1 aliphatic heterocycles. The van der Waals surface area contributed by atoms with Crippen LogP contribution in [0.2, 0.25) is 0 Å². The number of methoxy groups -OCH3 is 1. The van der Waals surface area contributed by atoms with Gasteiger partial charge < -0.3 is 14.4 Å². The molecule has 7 nitrogen and oxygen atoms in total. The second kappa shape index (κ2) is 9.48. The largest absolute Gasteiger partial charge is 0.497 e. The van der Waals surface area contributed by atoms with Gasteiger partial charge in [0.1, 0.15) is 16.4 Å². The van der Waals surface area contributed by atoms with Gasteiger partial charge in [-0.05, 0) is 56.3 Å². The fourth-order valence-corrected chi connectivity index (χ4v) is 5.96. The lowest BCUT2D eigenvalue weighted by Crippen LogP contribution is -2.48. The lowest BCUT2D eigenvalue weighted by atomic mass is 10.2. The first-order valence-electron chi connectivity index (χ1n) is 10.5. The monoisotopic (exact) mass is 473 g/mol. The minimum absolute atomic E-state index is 0.195. The maximum atomic E-state index is 13.6. The van der Waals surface area contributed by atoms with Crippen LogP contribution in [0.15, 0.2) is 52.7 Å². The summed E-state index contributed by atoms with van der Waals surface area (Å²) in [4.78, 5) is 6.88. The number of ether oxygens (including phenoxy) is 2. The summed E-state index contributed by atoms with van der Waals surface area (Å²) in [5.74, 6) is 1.18. The van der Waals surface area contributed by atoms with Gasteiger partial charge in [-0.3, -0.25) is 0 Å². The van der Waals surface area contributed by atoms with Crippen molar-refractivity contribution >= 4 is 27.0 Å². The molecule has 170 valence electrons. The van der Waals surface area contributed by atoms with Gasteiger partial charge in [-0.25, -0.2) is 13.4 Å². The highest BCUT2D eigenvalue weighted by Crippen LogP contribution is 2.33. The van der Waals surface area contributed by atoms with E-state index in [2.05, 4.69) is 9.88 Å². The van der Waals surface area contributed by atoms with Crippen molar-refractivity contribution in [2.24, 2.45) is 0 Å². The van der Waals surface area contributed by atoms with E-state index in [4.69, 9.17) is 9.47 Å². The molecule has 1 aromatic heterocycles. The normalized spacial score (nSPS) is 15.0. The summed E-state index contributed by atoms with van der Waals surface area (Å²) in [7, 11) is -2.08. The molecule has 0 N–H and O–H groups in total. The molecular formula is C23H27N3O4S2. The minimum Gasteiger partial charge on any atom is -0.497 e. The van der Waals surface area contributed by atoms with E-state index < -0.39 is 10.0 Å². The molecule has 32 heavy (non-hydrogen) atoms. The van der Waals surface area contributed by atoms with Crippen LogP contribution in [0.25, 0.3) is 11.3 Å². The Bertz CT molecular complexity index is 1170. The average molecular weight is 474 g/mol. The Hall–Kier alpha value is -2.62. The van der Waals surface area contributed by atoms with Crippen LogP contribution in [0.1, 0.15) is 11.9 Å². The van der Waals surface area contributed by atoms with Crippen molar-refractivity contribution in [1.29, 1.82) is 0 Å². The molecule has 0 aliphatic carbocycles.